The maximum absolute atomic E-state index is 14.5. The first kappa shape index (κ1) is 16.0. The molecule has 1 aromatic carbocycles. The quantitative estimate of drug-likeness (QED) is 0.780. The van der Waals surface area contributed by atoms with E-state index in [4.69, 9.17) is 9.47 Å². The van der Waals surface area contributed by atoms with Crippen LogP contribution >= 0.6 is 0 Å². The number of rotatable bonds is 2. The van der Waals surface area contributed by atoms with Crippen LogP contribution in [0.3, 0.4) is 0 Å². The highest BCUT2D eigenvalue weighted by atomic mass is 19.1. The lowest BCUT2D eigenvalue weighted by atomic mass is 9.73. The molecule has 5 heteroatoms. The van der Waals surface area contributed by atoms with Crippen LogP contribution in [0.15, 0.2) is 12.1 Å². The fraction of sp³-hybridized carbons (Fsp3) is 0.632. The Hall–Kier alpha value is -1.46. The minimum Gasteiger partial charge on any atom is -0.465 e. The number of methoxy groups -OCH3 is 1. The first-order valence-corrected chi connectivity index (χ1v) is 8.88. The van der Waals surface area contributed by atoms with Crippen molar-refractivity contribution in [2.24, 2.45) is 0 Å². The molecule has 130 valence electrons. The fourth-order valence-corrected chi connectivity index (χ4v) is 4.42. The molecule has 2 fully saturated rings. The lowest BCUT2D eigenvalue weighted by molar-refractivity contribution is -0.149. The molecule has 1 unspecified atom stereocenters. The monoisotopic (exact) mass is 333 g/mol. The van der Waals surface area contributed by atoms with E-state index in [-0.39, 0.29) is 11.4 Å². The summed E-state index contributed by atoms with van der Waals surface area (Å²) in [6.07, 6.45) is 6.49. The average Bonchev–Trinajstić information content (AvgIpc) is 2.59. The van der Waals surface area contributed by atoms with Gasteiger partial charge in [0.1, 0.15) is 5.82 Å². The van der Waals surface area contributed by atoms with Gasteiger partial charge in [-0.15, -0.1) is 0 Å². The molecular weight excluding hydrogens is 309 g/mol. The van der Waals surface area contributed by atoms with Gasteiger partial charge in [0.15, 0.2) is 0 Å². The second-order valence-electron chi connectivity index (χ2n) is 7.34. The topological polar surface area (TPSA) is 38.8 Å². The average molecular weight is 333 g/mol. The summed E-state index contributed by atoms with van der Waals surface area (Å²) in [4.78, 5) is 14.1. The highest BCUT2D eigenvalue weighted by Gasteiger charge is 2.44. The smallest absolute Gasteiger partial charge is 0.337 e. The van der Waals surface area contributed by atoms with Crippen LogP contribution in [0.5, 0.6) is 0 Å². The van der Waals surface area contributed by atoms with Gasteiger partial charge in [-0.2, -0.15) is 0 Å². The zero-order chi connectivity index (χ0) is 16.7. The zero-order valence-corrected chi connectivity index (χ0v) is 14.1. The third kappa shape index (κ3) is 2.74. The molecule has 0 aromatic heterocycles. The van der Waals surface area contributed by atoms with Crippen molar-refractivity contribution in [1.82, 2.24) is 4.90 Å². The van der Waals surface area contributed by atoms with E-state index in [0.717, 1.165) is 43.5 Å². The summed E-state index contributed by atoms with van der Waals surface area (Å²) in [5, 5.41) is 0. The van der Waals surface area contributed by atoms with E-state index in [9.17, 15) is 9.18 Å². The lowest BCUT2D eigenvalue weighted by Crippen LogP contribution is -2.53. The van der Waals surface area contributed by atoms with Crippen LogP contribution in [-0.2, 0) is 22.4 Å². The molecule has 2 heterocycles. The normalized spacial score (nSPS) is 25.8. The molecular formula is C19H24FNO3. The van der Waals surface area contributed by atoms with E-state index in [1.165, 1.54) is 32.4 Å². The highest BCUT2D eigenvalue weighted by Crippen LogP contribution is 2.44. The number of carbonyl (C=O) groups is 1. The third-order valence-electron chi connectivity index (χ3n) is 5.99. The molecule has 1 atom stereocenters. The number of carbonyl (C=O) groups excluding carboxylic acids is 1. The van der Waals surface area contributed by atoms with Crippen molar-refractivity contribution in [2.75, 3.05) is 20.3 Å². The van der Waals surface area contributed by atoms with Gasteiger partial charge in [0.25, 0.3) is 0 Å². The SMILES string of the molecule is COC(=O)c1cc(F)c2c(c1)CCN(C1CCOC3(CCC3)C1)C2. The summed E-state index contributed by atoms with van der Waals surface area (Å²) in [6.45, 7) is 2.36. The van der Waals surface area contributed by atoms with Crippen molar-refractivity contribution in [2.45, 2.75) is 56.7 Å². The van der Waals surface area contributed by atoms with Crippen molar-refractivity contribution in [3.63, 3.8) is 0 Å². The second-order valence-corrected chi connectivity index (χ2v) is 7.34. The van der Waals surface area contributed by atoms with E-state index >= 15 is 0 Å². The summed E-state index contributed by atoms with van der Waals surface area (Å²) >= 11 is 0. The molecule has 4 nitrogen and oxygen atoms in total. The minimum absolute atomic E-state index is 0.108. The summed E-state index contributed by atoms with van der Waals surface area (Å²) in [6, 6.07) is 3.58. The fourth-order valence-electron chi connectivity index (χ4n) is 4.42. The summed E-state index contributed by atoms with van der Waals surface area (Å²) < 4.78 is 25.3. The highest BCUT2D eigenvalue weighted by molar-refractivity contribution is 5.89. The molecule has 3 aliphatic rings. The molecule has 0 amide bonds. The van der Waals surface area contributed by atoms with Gasteiger partial charge in [-0.25, -0.2) is 9.18 Å². The second kappa shape index (κ2) is 6.12. The molecule has 1 saturated carbocycles. The van der Waals surface area contributed by atoms with Gasteiger partial charge in [0, 0.05) is 31.3 Å². The van der Waals surface area contributed by atoms with Crippen LogP contribution in [0.4, 0.5) is 4.39 Å². The number of nitrogens with zero attached hydrogens (tertiary/aromatic N) is 1. The number of esters is 1. The summed E-state index contributed by atoms with van der Waals surface area (Å²) in [7, 11) is 1.32. The van der Waals surface area contributed by atoms with E-state index in [1.54, 1.807) is 6.07 Å². The Kier molecular flexibility index (Phi) is 4.09. The number of ether oxygens (including phenoxy) is 2. The Labute approximate surface area is 141 Å². The molecule has 24 heavy (non-hydrogen) atoms. The van der Waals surface area contributed by atoms with E-state index < -0.39 is 5.97 Å². The minimum atomic E-state index is -0.476. The molecule has 2 aliphatic heterocycles. The van der Waals surface area contributed by atoms with Crippen molar-refractivity contribution in [3.05, 3.63) is 34.6 Å². The number of halogens is 1. The van der Waals surface area contributed by atoms with Gasteiger partial charge in [0.05, 0.1) is 18.3 Å². The van der Waals surface area contributed by atoms with Crippen molar-refractivity contribution < 1.29 is 18.7 Å². The van der Waals surface area contributed by atoms with E-state index in [1.807, 2.05) is 0 Å². The van der Waals surface area contributed by atoms with E-state index in [2.05, 4.69) is 4.90 Å². The van der Waals surface area contributed by atoms with Crippen molar-refractivity contribution in [1.29, 1.82) is 0 Å². The molecule has 1 saturated heterocycles. The maximum Gasteiger partial charge on any atom is 0.337 e. The molecule has 1 spiro atoms. The van der Waals surface area contributed by atoms with Gasteiger partial charge in [-0.3, -0.25) is 4.90 Å². The van der Waals surface area contributed by atoms with Crippen molar-refractivity contribution >= 4 is 5.97 Å². The number of hydrogen-bond acceptors (Lipinski definition) is 4. The van der Waals surface area contributed by atoms with Crippen molar-refractivity contribution in [3.8, 4) is 0 Å². The molecule has 1 aromatic rings. The standard InChI is InChI=1S/C19H24FNO3/c1-23-18(22)14-9-13-3-7-21(12-16(13)17(20)10-14)15-4-8-24-19(11-15)5-2-6-19/h9-10,15H,2-8,11-12H2,1H3. The summed E-state index contributed by atoms with van der Waals surface area (Å²) in [5.41, 5.74) is 2.10. The first-order chi connectivity index (χ1) is 11.6. The Bertz CT molecular complexity index is 656. The largest absolute Gasteiger partial charge is 0.465 e. The Morgan fingerprint density at radius 2 is 2.25 bits per heavy atom. The molecule has 0 N–H and O–H groups in total. The maximum atomic E-state index is 14.5. The predicted molar refractivity (Wildman–Crippen MR) is 87.4 cm³/mol. The number of fused-ring (bicyclic) bond motifs is 1. The molecule has 1 aliphatic carbocycles. The van der Waals surface area contributed by atoms with Crippen LogP contribution in [0.25, 0.3) is 0 Å². The zero-order valence-electron chi connectivity index (χ0n) is 14.1. The van der Waals surface area contributed by atoms with E-state index in [0.29, 0.717) is 18.2 Å². The van der Waals surface area contributed by atoms with Crippen LogP contribution < -0.4 is 0 Å². The van der Waals surface area contributed by atoms with Gasteiger partial charge in [0.2, 0.25) is 0 Å². The molecule has 0 bridgehead atoms. The Morgan fingerprint density at radius 3 is 2.96 bits per heavy atom. The third-order valence-corrected chi connectivity index (χ3v) is 5.99. The molecule has 0 radical (unpaired) electrons. The van der Waals surface area contributed by atoms with Gasteiger partial charge in [-0.05, 0) is 56.2 Å². The number of benzene rings is 1. The van der Waals surface area contributed by atoms with Gasteiger partial charge < -0.3 is 9.47 Å². The Balaban J connectivity index is 1.52. The predicted octanol–water partition coefficient (Wildman–Crippen LogP) is 3.07. The summed E-state index contributed by atoms with van der Waals surface area (Å²) in [5.74, 6) is -0.765. The van der Waals surface area contributed by atoms with Crippen LogP contribution in [0.2, 0.25) is 0 Å². The number of hydrogen-bond donors (Lipinski definition) is 0. The first-order valence-electron chi connectivity index (χ1n) is 8.88. The van der Waals surface area contributed by atoms with Crippen LogP contribution in [-0.4, -0.2) is 42.8 Å². The van der Waals surface area contributed by atoms with Crippen LogP contribution in [0.1, 0.15) is 53.6 Å². The van der Waals surface area contributed by atoms with Gasteiger partial charge in [-0.1, -0.05) is 0 Å². The Morgan fingerprint density at radius 1 is 1.42 bits per heavy atom. The van der Waals surface area contributed by atoms with Gasteiger partial charge >= 0.3 is 5.97 Å². The van der Waals surface area contributed by atoms with Crippen LogP contribution in [0, 0.1) is 5.82 Å². The molecule has 4 rings (SSSR count). The lowest BCUT2D eigenvalue weighted by Gasteiger charge is -2.50.